The maximum absolute atomic E-state index is 12.4. The Hall–Kier alpha value is -2.99. The van der Waals surface area contributed by atoms with Gasteiger partial charge in [0.15, 0.2) is 11.5 Å². The highest BCUT2D eigenvalue weighted by Crippen LogP contribution is 2.29. The zero-order valence-electron chi connectivity index (χ0n) is 13.6. The molecule has 6 nitrogen and oxygen atoms in total. The first-order valence-corrected chi connectivity index (χ1v) is 7.74. The molecule has 1 amide bonds. The van der Waals surface area contributed by atoms with Crippen LogP contribution in [0.5, 0.6) is 11.5 Å². The van der Waals surface area contributed by atoms with Gasteiger partial charge in [0.05, 0.1) is 19.9 Å². The van der Waals surface area contributed by atoms with E-state index in [2.05, 4.69) is 10.5 Å². The molecule has 0 radical (unpaired) electrons. The predicted molar refractivity (Wildman–Crippen MR) is 94.4 cm³/mol. The van der Waals surface area contributed by atoms with Gasteiger partial charge in [0, 0.05) is 22.7 Å². The fourth-order valence-electron chi connectivity index (χ4n) is 2.23. The third-order valence-electron chi connectivity index (χ3n) is 3.53. The van der Waals surface area contributed by atoms with Crippen molar-refractivity contribution in [1.82, 2.24) is 5.16 Å². The molecular formula is C18H15ClN2O4. The number of methoxy groups -OCH3 is 2. The first kappa shape index (κ1) is 16.9. The number of hydrogen-bond acceptors (Lipinski definition) is 5. The second-order valence-electron chi connectivity index (χ2n) is 5.10. The van der Waals surface area contributed by atoms with Crippen molar-refractivity contribution in [3.8, 4) is 22.8 Å². The van der Waals surface area contributed by atoms with Gasteiger partial charge in [0.1, 0.15) is 11.5 Å². The van der Waals surface area contributed by atoms with Crippen LogP contribution < -0.4 is 14.8 Å². The number of hydrogen-bond donors (Lipinski definition) is 1. The van der Waals surface area contributed by atoms with Crippen LogP contribution in [0.4, 0.5) is 5.69 Å². The molecule has 0 saturated carbocycles. The summed E-state index contributed by atoms with van der Waals surface area (Å²) in [6.45, 7) is 0. The van der Waals surface area contributed by atoms with E-state index in [-0.39, 0.29) is 5.69 Å². The van der Waals surface area contributed by atoms with E-state index in [0.717, 1.165) is 5.56 Å². The molecule has 0 atom stereocenters. The minimum Gasteiger partial charge on any atom is -0.497 e. The quantitative estimate of drug-likeness (QED) is 0.737. The monoisotopic (exact) mass is 358 g/mol. The average Bonchev–Trinajstić information content (AvgIpc) is 3.12. The van der Waals surface area contributed by atoms with E-state index in [4.69, 9.17) is 25.6 Å². The number of carbonyl (C=O) groups excluding carboxylic acids is 1. The van der Waals surface area contributed by atoms with E-state index in [1.54, 1.807) is 55.6 Å². The fraction of sp³-hybridized carbons (Fsp3) is 0.111. The van der Waals surface area contributed by atoms with Gasteiger partial charge in [-0.15, -0.1) is 0 Å². The highest BCUT2D eigenvalue weighted by Gasteiger charge is 2.16. The zero-order chi connectivity index (χ0) is 17.8. The predicted octanol–water partition coefficient (Wildman–Crippen LogP) is 4.26. The lowest BCUT2D eigenvalue weighted by atomic mass is 10.1. The summed E-state index contributed by atoms with van der Waals surface area (Å²) in [6.07, 6.45) is 0. The van der Waals surface area contributed by atoms with E-state index in [1.807, 2.05) is 0 Å². The molecule has 0 aliphatic carbocycles. The van der Waals surface area contributed by atoms with E-state index in [0.29, 0.717) is 28.0 Å². The number of anilines is 1. The fourth-order valence-corrected chi connectivity index (χ4v) is 2.36. The van der Waals surface area contributed by atoms with Crippen molar-refractivity contribution in [2.45, 2.75) is 0 Å². The van der Waals surface area contributed by atoms with Crippen molar-refractivity contribution in [3.05, 3.63) is 59.2 Å². The van der Waals surface area contributed by atoms with Gasteiger partial charge in [-0.1, -0.05) is 16.8 Å². The largest absolute Gasteiger partial charge is 0.497 e. The lowest BCUT2D eigenvalue weighted by molar-refractivity contribution is 0.101. The Kier molecular flexibility index (Phi) is 4.90. The van der Waals surface area contributed by atoms with Crippen molar-refractivity contribution < 1.29 is 18.8 Å². The summed E-state index contributed by atoms with van der Waals surface area (Å²) in [4.78, 5) is 12.4. The molecule has 0 bridgehead atoms. The maximum Gasteiger partial charge on any atom is 0.277 e. The molecule has 7 heteroatoms. The summed E-state index contributed by atoms with van der Waals surface area (Å²) < 4.78 is 15.6. The Labute approximate surface area is 149 Å². The van der Waals surface area contributed by atoms with Crippen LogP contribution in [-0.4, -0.2) is 25.3 Å². The van der Waals surface area contributed by atoms with E-state index >= 15 is 0 Å². The topological polar surface area (TPSA) is 73.6 Å². The van der Waals surface area contributed by atoms with Crippen molar-refractivity contribution in [3.63, 3.8) is 0 Å². The number of aromatic nitrogens is 1. The number of ether oxygens (including phenoxy) is 2. The van der Waals surface area contributed by atoms with Gasteiger partial charge in [-0.25, -0.2) is 0 Å². The number of nitrogens with zero attached hydrogens (tertiary/aromatic N) is 1. The Morgan fingerprint density at radius 1 is 1.08 bits per heavy atom. The molecule has 1 aromatic heterocycles. The first-order valence-electron chi connectivity index (χ1n) is 7.36. The number of amides is 1. The van der Waals surface area contributed by atoms with Gasteiger partial charge in [0.2, 0.25) is 0 Å². The number of carbonyl (C=O) groups is 1. The molecule has 0 fully saturated rings. The second-order valence-corrected chi connectivity index (χ2v) is 5.54. The second kappa shape index (κ2) is 7.27. The Balaban J connectivity index is 1.81. The third kappa shape index (κ3) is 3.75. The molecule has 2 aromatic carbocycles. The lowest BCUT2D eigenvalue weighted by Gasteiger charge is -2.10. The average molecular weight is 359 g/mol. The number of benzene rings is 2. The minimum absolute atomic E-state index is 0.148. The molecule has 0 unspecified atom stereocenters. The maximum atomic E-state index is 12.4. The van der Waals surface area contributed by atoms with Crippen LogP contribution in [-0.2, 0) is 0 Å². The Bertz CT molecular complexity index is 890. The smallest absolute Gasteiger partial charge is 0.277 e. The van der Waals surface area contributed by atoms with Crippen LogP contribution >= 0.6 is 11.6 Å². The molecule has 3 aromatic rings. The van der Waals surface area contributed by atoms with Crippen molar-refractivity contribution in [2.24, 2.45) is 0 Å². The normalized spacial score (nSPS) is 10.4. The number of nitrogens with one attached hydrogen (secondary N) is 1. The summed E-state index contributed by atoms with van der Waals surface area (Å²) in [5, 5.41) is 7.17. The van der Waals surface area contributed by atoms with E-state index in [9.17, 15) is 4.79 Å². The molecule has 1 N–H and O–H groups in total. The third-order valence-corrected chi connectivity index (χ3v) is 3.78. The van der Waals surface area contributed by atoms with E-state index < -0.39 is 5.91 Å². The summed E-state index contributed by atoms with van der Waals surface area (Å²) in [5.41, 5.74) is 1.40. The van der Waals surface area contributed by atoms with Crippen molar-refractivity contribution in [1.29, 1.82) is 0 Å². The zero-order valence-corrected chi connectivity index (χ0v) is 14.3. The summed E-state index contributed by atoms with van der Waals surface area (Å²) in [5.74, 6) is 1.16. The molecular weight excluding hydrogens is 344 g/mol. The van der Waals surface area contributed by atoms with Gasteiger partial charge >= 0.3 is 0 Å². The van der Waals surface area contributed by atoms with Crippen LogP contribution in [0.2, 0.25) is 5.02 Å². The molecule has 3 rings (SSSR count). The summed E-state index contributed by atoms with van der Waals surface area (Å²) in [6, 6.07) is 13.7. The Morgan fingerprint density at radius 2 is 1.84 bits per heavy atom. The standard InChI is InChI=1S/C18H15ClN2O4/c1-23-13-7-8-16(24-2)14(9-13)20-18(22)15-10-17(25-21-15)11-3-5-12(19)6-4-11/h3-10H,1-2H3,(H,20,22). The van der Waals surface area contributed by atoms with Crippen LogP contribution in [0, 0.1) is 0 Å². The highest BCUT2D eigenvalue weighted by molar-refractivity contribution is 6.30. The molecule has 0 aliphatic heterocycles. The van der Waals surface area contributed by atoms with Gasteiger partial charge in [-0.3, -0.25) is 4.79 Å². The summed E-state index contributed by atoms with van der Waals surface area (Å²) in [7, 11) is 3.07. The van der Waals surface area contributed by atoms with Gasteiger partial charge in [0.25, 0.3) is 5.91 Å². The van der Waals surface area contributed by atoms with E-state index in [1.165, 1.54) is 7.11 Å². The van der Waals surface area contributed by atoms with Gasteiger partial charge < -0.3 is 19.3 Å². The molecule has 128 valence electrons. The van der Waals surface area contributed by atoms with Crippen LogP contribution in [0.25, 0.3) is 11.3 Å². The van der Waals surface area contributed by atoms with Gasteiger partial charge in [-0.2, -0.15) is 0 Å². The molecule has 0 saturated heterocycles. The minimum atomic E-state index is -0.421. The Morgan fingerprint density at radius 3 is 2.52 bits per heavy atom. The van der Waals surface area contributed by atoms with Crippen molar-refractivity contribution in [2.75, 3.05) is 19.5 Å². The molecule has 0 aliphatic rings. The van der Waals surface area contributed by atoms with Crippen LogP contribution in [0.1, 0.15) is 10.5 Å². The molecule has 0 spiro atoms. The number of rotatable bonds is 5. The number of halogens is 1. The van der Waals surface area contributed by atoms with Crippen LogP contribution in [0.3, 0.4) is 0 Å². The molecule has 25 heavy (non-hydrogen) atoms. The van der Waals surface area contributed by atoms with Crippen molar-refractivity contribution >= 4 is 23.2 Å². The van der Waals surface area contributed by atoms with Gasteiger partial charge in [-0.05, 0) is 36.4 Å². The summed E-state index contributed by atoms with van der Waals surface area (Å²) >= 11 is 5.87. The SMILES string of the molecule is COc1ccc(OC)c(NC(=O)c2cc(-c3ccc(Cl)cc3)on2)c1. The lowest BCUT2D eigenvalue weighted by Crippen LogP contribution is -2.13. The highest BCUT2D eigenvalue weighted by atomic mass is 35.5. The molecule has 1 heterocycles. The van der Waals surface area contributed by atoms with Crippen LogP contribution in [0.15, 0.2) is 53.1 Å². The first-order chi connectivity index (χ1) is 12.1.